The molecular weight excluding hydrogens is 930 g/mol. The second-order valence-electron chi connectivity index (χ2n) is 12.2. The number of rotatable bonds is 12. The van der Waals surface area contributed by atoms with Gasteiger partial charge in [0.25, 0.3) is 22.9 Å². The number of aliphatic carboxylic acids is 2. The summed E-state index contributed by atoms with van der Waals surface area (Å²) in [6, 6.07) is 32.1. The van der Waals surface area contributed by atoms with Gasteiger partial charge in [-0.2, -0.15) is 9.97 Å². The Kier molecular flexibility index (Phi) is 19.1. The van der Waals surface area contributed by atoms with Crippen molar-refractivity contribution in [2.75, 3.05) is 13.1 Å². The van der Waals surface area contributed by atoms with Gasteiger partial charge in [-0.15, -0.1) is 0 Å². The zero-order chi connectivity index (χ0) is 41.9. The fourth-order valence-corrected chi connectivity index (χ4v) is 6.29. The molecule has 6 rings (SSSR count). The van der Waals surface area contributed by atoms with Gasteiger partial charge in [0, 0.05) is 20.1 Å². The van der Waals surface area contributed by atoms with Crippen LogP contribution in [0.2, 0.25) is 0 Å². The monoisotopic (exact) mass is 958 g/mol. The van der Waals surface area contributed by atoms with Crippen LogP contribution in [0.25, 0.3) is 22.8 Å². The Balaban J connectivity index is 0.000000310. The third-order valence-electron chi connectivity index (χ3n) is 8.07. The minimum atomic E-state index is -1.53. The minimum absolute atomic E-state index is 0. The Labute approximate surface area is 402 Å². The summed E-state index contributed by atoms with van der Waals surface area (Å²) in [6.45, 7) is -1.42. The van der Waals surface area contributed by atoms with E-state index in [-0.39, 0.29) is 83.9 Å². The van der Waals surface area contributed by atoms with E-state index in [0.717, 1.165) is 20.1 Å². The van der Waals surface area contributed by atoms with Gasteiger partial charge < -0.3 is 40.6 Å². The molecule has 16 nitrogen and oxygen atoms in total. The van der Waals surface area contributed by atoms with Crippen LogP contribution in [0.15, 0.2) is 128 Å². The van der Waals surface area contributed by atoms with Crippen LogP contribution >= 0.6 is 31.9 Å². The molecule has 0 spiro atoms. The first-order chi connectivity index (χ1) is 27.7. The smallest absolute Gasteiger partial charge is 0.548 e. The predicted molar refractivity (Wildman–Crippen MR) is 212 cm³/mol. The Hall–Kier alpha value is -4.92. The van der Waals surface area contributed by atoms with Gasteiger partial charge in [0.15, 0.2) is 11.1 Å². The molecule has 0 aliphatic rings. The average Bonchev–Trinajstić information content (AvgIpc) is 3.19. The number of halogens is 2. The number of carbonyl (C=O) groups is 4. The topological polar surface area (TPSA) is 249 Å². The molecule has 60 heavy (non-hydrogen) atoms. The first-order valence-electron chi connectivity index (χ1n) is 17.0. The van der Waals surface area contributed by atoms with Crippen LogP contribution in [-0.4, -0.2) is 66.2 Å². The van der Waals surface area contributed by atoms with Crippen molar-refractivity contribution in [1.82, 2.24) is 29.7 Å². The van der Waals surface area contributed by atoms with Crippen LogP contribution in [-0.2, 0) is 22.7 Å². The second-order valence-corrected chi connectivity index (χ2v) is 14.0. The molecule has 6 aromatic rings. The van der Waals surface area contributed by atoms with Crippen molar-refractivity contribution in [2.45, 2.75) is 13.1 Å². The van der Waals surface area contributed by atoms with Crippen molar-refractivity contribution >= 4 is 55.6 Å². The quantitative estimate of drug-likeness (QED) is 0.0854. The van der Waals surface area contributed by atoms with Gasteiger partial charge in [-0.1, -0.05) is 117 Å². The van der Waals surface area contributed by atoms with E-state index in [4.69, 9.17) is 0 Å². The van der Waals surface area contributed by atoms with Gasteiger partial charge in [-0.05, 0) is 35.4 Å². The summed E-state index contributed by atoms with van der Waals surface area (Å²) in [5, 5.41) is 45.8. The second kappa shape index (κ2) is 23.2. The average molecular weight is 960 g/mol. The number of carbonyl (C=O) groups excluding carboxylic acids is 4. The van der Waals surface area contributed by atoms with Crippen molar-refractivity contribution < 1.29 is 98.7 Å². The molecule has 0 radical (unpaired) electrons. The van der Waals surface area contributed by atoms with Crippen molar-refractivity contribution in [3.05, 3.63) is 161 Å². The van der Waals surface area contributed by atoms with Crippen LogP contribution in [0.1, 0.15) is 31.8 Å². The molecule has 0 fully saturated rings. The molecule has 0 saturated carbocycles. The number of hydrogen-bond acceptors (Lipinski definition) is 12. The molecule has 0 bridgehead atoms. The molecule has 20 heteroatoms. The normalized spacial score (nSPS) is 10.2. The van der Waals surface area contributed by atoms with Crippen LogP contribution in [0.4, 0.5) is 0 Å². The molecule has 4 N–H and O–H groups in total. The number of nitrogens with one attached hydrogen (secondary N) is 2. The van der Waals surface area contributed by atoms with E-state index in [1.807, 2.05) is 22.8 Å². The van der Waals surface area contributed by atoms with Crippen LogP contribution in [0, 0.1) is 0 Å². The van der Waals surface area contributed by atoms with Crippen LogP contribution in [0.5, 0.6) is 11.8 Å². The van der Waals surface area contributed by atoms with Gasteiger partial charge in [-0.3, -0.25) is 28.3 Å². The zero-order valence-corrected chi connectivity index (χ0v) is 39.1. The van der Waals surface area contributed by atoms with Gasteiger partial charge >= 0.3 is 59.1 Å². The summed E-state index contributed by atoms with van der Waals surface area (Å²) in [5.74, 6) is -6.40. The van der Waals surface area contributed by atoms with Crippen molar-refractivity contribution in [3.63, 3.8) is 0 Å². The van der Waals surface area contributed by atoms with E-state index in [0.29, 0.717) is 11.1 Å². The number of amides is 2. The molecule has 0 atom stereocenters. The zero-order valence-electron chi connectivity index (χ0n) is 31.9. The fraction of sp³-hybridized carbons (Fsp3) is 0.100. The van der Waals surface area contributed by atoms with Gasteiger partial charge in [0.1, 0.15) is 11.6 Å². The number of nitrogens with zero attached hydrogens (tertiary/aromatic N) is 4. The molecule has 2 amide bonds. The standard InChI is InChI=1S/2C20H16BrN3O5.2Na/c2*21-14-8-4-7-13(9-14)17-23-19(28)16(18(27)22-10-15(25)26)20(29)24(17)11-12-5-2-1-3-6-12;;/h2*1-9,28H,10-11H2,(H,22,27)(H,25,26);;/q;;2*+1/p-2. The van der Waals surface area contributed by atoms with E-state index in [1.54, 1.807) is 97.1 Å². The Morgan fingerprint density at radius 1 is 0.567 bits per heavy atom. The molecule has 0 aliphatic carbocycles. The Morgan fingerprint density at radius 2 is 0.917 bits per heavy atom. The van der Waals surface area contributed by atoms with Crippen molar-refractivity contribution in [1.29, 1.82) is 0 Å². The van der Waals surface area contributed by atoms with E-state index in [9.17, 15) is 49.2 Å². The first kappa shape index (κ1) is 49.4. The summed E-state index contributed by atoms with van der Waals surface area (Å²) in [6.07, 6.45) is 0. The first-order valence-corrected chi connectivity index (χ1v) is 18.6. The predicted octanol–water partition coefficient (Wildman–Crippen LogP) is -4.18. The van der Waals surface area contributed by atoms with Crippen molar-refractivity contribution in [3.8, 4) is 34.5 Å². The summed E-state index contributed by atoms with van der Waals surface area (Å²) < 4.78 is 3.99. The largest absolute Gasteiger partial charge is 1.00 e. The molecule has 2 aromatic heterocycles. The molecule has 2 heterocycles. The van der Waals surface area contributed by atoms with Gasteiger partial charge in [0.2, 0.25) is 11.8 Å². The fourth-order valence-electron chi connectivity index (χ4n) is 5.49. The van der Waals surface area contributed by atoms with Crippen LogP contribution in [0.3, 0.4) is 0 Å². The number of carboxylic acid groups (broad SMARTS) is 2. The van der Waals surface area contributed by atoms with Crippen LogP contribution < -0.4 is 91.1 Å². The number of aromatic nitrogens is 4. The molecule has 0 saturated heterocycles. The van der Waals surface area contributed by atoms with E-state index in [2.05, 4.69) is 41.8 Å². The van der Waals surface area contributed by atoms with E-state index >= 15 is 0 Å². The van der Waals surface area contributed by atoms with Gasteiger partial charge in [-0.25, -0.2) is 0 Å². The number of benzene rings is 4. The van der Waals surface area contributed by atoms with Crippen molar-refractivity contribution in [2.24, 2.45) is 0 Å². The Bertz CT molecular complexity index is 2450. The maximum absolute atomic E-state index is 13.1. The summed E-state index contributed by atoms with van der Waals surface area (Å²) in [7, 11) is 0. The maximum Gasteiger partial charge on any atom is 1.00 e. The van der Waals surface area contributed by atoms with E-state index < -0.39 is 70.8 Å². The van der Waals surface area contributed by atoms with Gasteiger partial charge in [0.05, 0.1) is 38.1 Å². The SMILES string of the molecule is O=C([O-])CNC(=O)c1c(O)nc(-c2cccc(Br)c2)n(Cc2ccccc2)c1=O.O=C([O-])CNC(=O)c1c(O)nc(-c2cccc(Br)c2)n(Cc2ccccc2)c1=O.[Na+].[Na+]. The maximum atomic E-state index is 13.1. The number of hydrogen-bond donors (Lipinski definition) is 4. The molecule has 0 aliphatic heterocycles. The summed E-state index contributed by atoms with van der Waals surface area (Å²) in [5.41, 5.74) is -0.228. The molecule has 4 aromatic carbocycles. The third kappa shape index (κ3) is 13.0. The summed E-state index contributed by atoms with van der Waals surface area (Å²) >= 11 is 6.71. The Morgan fingerprint density at radius 3 is 1.23 bits per heavy atom. The molecular formula is C40H30Br2N6Na2O10. The molecule has 296 valence electrons. The number of aromatic hydroxyl groups is 2. The molecule has 0 unspecified atom stereocenters. The minimum Gasteiger partial charge on any atom is -0.548 e. The third-order valence-corrected chi connectivity index (χ3v) is 9.06. The van der Waals surface area contributed by atoms with E-state index in [1.165, 1.54) is 9.13 Å². The summed E-state index contributed by atoms with van der Waals surface area (Å²) in [4.78, 5) is 80.0. The number of carboxylic acids is 2.